The minimum atomic E-state index is -3.22. The zero-order valence-corrected chi connectivity index (χ0v) is 18.5. The van der Waals surface area contributed by atoms with Crippen molar-refractivity contribution < 1.29 is 28.7 Å². The lowest BCUT2D eigenvalue weighted by molar-refractivity contribution is -0.894. The molecule has 2 aromatic heterocycles. The van der Waals surface area contributed by atoms with E-state index in [1.807, 2.05) is 0 Å². The molecule has 0 spiro atoms. The van der Waals surface area contributed by atoms with Crippen LogP contribution in [0.4, 0.5) is 5.82 Å². The molecule has 2 aliphatic heterocycles. The van der Waals surface area contributed by atoms with Crippen LogP contribution in [0.15, 0.2) is 12.7 Å². The summed E-state index contributed by atoms with van der Waals surface area (Å²) < 4.78 is 17.7. The SMILES string of the molecule is CC[NH+](CC)CC.Nc1ncnc2c1ncn2[C@@H]1OC2CO[P+](O)(S)O[C@H]2C1O. The van der Waals surface area contributed by atoms with Gasteiger partial charge in [0.25, 0.3) is 0 Å². The quantitative estimate of drug-likeness (QED) is 0.312. The van der Waals surface area contributed by atoms with Crippen molar-refractivity contribution in [3.8, 4) is 0 Å². The molecule has 3 unspecified atom stereocenters. The van der Waals surface area contributed by atoms with E-state index in [0.29, 0.717) is 11.2 Å². The van der Waals surface area contributed by atoms with Gasteiger partial charge in [-0.25, -0.2) is 15.0 Å². The number of hydrogen-bond donors (Lipinski definition) is 5. The number of hydrogen-bond acceptors (Lipinski definition) is 10. The lowest BCUT2D eigenvalue weighted by atomic mass is 10.1. The molecule has 0 radical (unpaired) electrons. The number of nitrogens with one attached hydrogen (secondary N) is 1. The molecule has 2 saturated heterocycles. The number of nitrogen functional groups attached to an aromatic ring is 1. The molecule has 4 heterocycles. The molecule has 2 aliphatic rings. The molecular formula is C16H29N6O5PS+2. The van der Waals surface area contributed by atoms with E-state index in [0.717, 1.165) is 0 Å². The zero-order chi connectivity index (χ0) is 21.2. The minimum absolute atomic E-state index is 0.0791. The number of thiol groups is 1. The van der Waals surface area contributed by atoms with Crippen molar-refractivity contribution in [1.29, 1.82) is 0 Å². The number of nitrogens with zero attached hydrogens (tertiary/aromatic N) is 4. The molecule has 0 aliphatic carbocycles. The van der Waals surface area contributed by atoms with E-state index in [-0.39, 0.29) is 12.4 Å². The maximum absolute atomic E-state index is 10.5. The molecule has 2 aromatic rings. The number of aliphatic hydroxyl groups excluding tert-OH is 1. The fourth-order valence-corrected chi connectivity index (χ4v) is 4.89. The number of quaternary nitrogens is 1. The second-order valence-corrected chi connectivity index (χ2v) is 9.77. The number of anilines is 1. The third-order valence-corrected chi connectivity index (χ3v) is 6.77. The molecule has 5 N–H and O–H groups in total. The van der Waals surface area contributed by atoms with Crippen LogP contribution >= 0.6 is 19.4 Å². The fraction of sp³-hybridized carbons (Fsp3) is 0.688. The van der Waals surface area contributed by atoms with E-state index in [2.05, 4.69) is 48.0 Å². The first-order valence-electron chi connectivity index (χ1n) is 9.58. The number of ether oxygens (including phenoxy) is 1. The van der Waals surface area contributed by atoms with E-state index in [9.17, 15) is 10.00 Å². The van der Waals surface area contributed by atoms with Gasteiger partial charge in [0, 0.05) is 0 Å². The Morgan fingerprint density at radius 2 is 1.97 bits per heavy atom. The maximum Gasteiger partial charge on any atom is 0.476 e. The van der Waals surface area contributed by atoms with Gasteiger partial charge in [-0.1, -0.05) is 0 Å². The summed E-state index contributed by atoms with van der Waals surface area (Å²) in [4.78, 5) is 23.6. The monoisotopic (exact) mass is 448 g/mol. The van der Waals surface area contributed by atoms with Gasteiger partial charge in [-0.15, -0.1) is 0 Å². The molecule has 13 heteroatoms. The van der Waals surface area contributed by atoms with Gasteiger partial charge >= 0.3 is 7.15 Å². The summed E-state index contributed by atoms with van der Waals surface area (Å²) in [7, 11) is -3.22. The van der Waals surface area contributed by atoms with Crippen LogP contribution in [-0.2, 0) is 13.8 Å². The average molecular weight is 448 g/mol. The van der Waals surface area contributed by atoms with Gasteiger partial charge in [-0.2, -0.15) is 13.9 Å². The van der Waals surface area contributed by atoms with Crippen LogP contribution in [0.3, 0.4) is 0 Å². The molecular weight excluding hydrogens is 419 g/mol. The van der Waals surface area contributed by atoms with E-state index in [1.54, 1.807) is 9.47 Å². The second-order valence-electron chi connectivity index (χ2n) is 6.81. The average Bonchev–Trinajstić information content (AvgIpc) is 3.25. The number of imidazole rings is 1. The van der Waals surface area contributed by atoms with Crippen LogP contribution in [0.1, 0.15) is 27.0 Å². The van der Waals surface area contributed by atoms with Gasteiger partial charge in [0.1, 0.15) is 30.7 Å². The van der Waals surface area contributed by atoms with Crippen LogP contribution in [0.2, 0.25) is 0 Å². The predicted octanol–water partition coefficient (Wildman–Crippen LogP) is -0.387. The van der Waals surface area contributed by atoms with Crippen LogP contribution in [-0.4, -0.2) is 74.1 Å². The topological polar surface area (TPSA) is 142 Å². The van der Waals surface area contributed by atoms with Gasteiger partial charge in [0.15, 0.2) is 23.8 Å². The second kappa shape index (κ2) is 9.36. The summed E-state index contributed by atoms with van der Waals surface area (Å²) in [6.07, 6.45) is -0.327. The molecule has 0 aromatic carbocycles. The molecule has 2 fully saturated rings. The van der Waals surface area contributed by atoms with E-state index < -0.39 is 31.7 Å². The fourth-order valence-electron chi connectivity index (χ4n) is 3.38. The summed E-state index contributed by atoms with van der Waals surface area (Å²) in [5.74, 6) is 0.240. The van der Waals surface area contributed by atoms with Crippen molar-refractivity contribution in [2.45, 2.75) is 45.3 Å². The maximum atomic E-state index is 10.5. The van der Waals surface area contributed by atoms with Crippen molar-refractivity contribution in [2.24, 2.45) is 0 Å². The molecule has 0 bridgehead atoms. The van der Waals surface area contributed by atoms with Crippen molar-refractivity contribution in [3.63, 3.8) is 0 Å². The highest BCUT2D eigenvalue weighted by Crippen LogP contribution is 2.66. The Morgan fingerprint density at radius 1 is 1.28 bits per heavy atom. The van der Waals surface area contributed by atoms with Crippen molar-refractivity contribution in [1.82, 2.24) is 19.5 Å². The third-order valence-electron chi connectivity index (χ3n) is 5.14. The highest BCUT2D eigenvalue weighted by atomic mass is 32.7. The van der Waals surface area contributed by atoms with Crippen molar-refractivity contribution in [2.75, 3.05) is 32.0 Å². The Morgan fingerprint density at radius 3 is 2.59 bits per heavy atom. The number of fused-ring (bicyclic) bond motifs is 2. The van der Waals surface area contributed by atoms with Gasteiger partial charge in [0.05, 0.1) is 38.2 Å². The van der Waals surface area contributed by atoms with E-state index >= 15 is 0 Å². The first-order valence-corrected chi connectivity index (χ1v) is 12.3. The highest BCUT2D eigenvalue weighted by molar-refractivity contribution is 8.47. The smallest absolute Gasteiger partial charge is 0.385 e. The molecule has 4 rings (SSSR count). The van der Waals surface area contributed by atoms with E-state index in [1.165, 1.54) is 32.3 Å². The standard InChI is InChI=1S/C10H13N5O5PS.C6H15N/c11-8-5-9(13-2-12-8)15(3-14-5)10-6(16)7-4(19-10)1-18-21(17,22)20-7;1-4-7(5-2)6-3/h2-4,6-7,10,16-17,22H,1H2,(H2,11,12,13);4-6H2,1-3H3/q+1;/p+1/t4?,6?,7-,10-,21?;/m1./s1. The number of aromatic nitrogens is 4. The molecule has 0 saturated carbocycles. The Hall–Kier alpha value is -1.11. The van der Waals surface area contributed by atoms with Gasteiger partial charge in [-0.3, -0.25) is 4.57 Å². The Balaban J connectivity index is 0.000000298. The van der Waals surface area contributed by atoms with Crippen LogP contribution < -0.4 is 10.6 Å². The number of nitrogens with two attached hydrogens (primary N) is 1. The first-order chi connectivity index (χ1) is 13.8. The van der Waals surface area contributed by atoms with Crippen molar-refractivity contribution in [3.05, 3.63) is 12.7 Å². The third kappa shape index (κ3) is 4.80. The summed E-state index contributed by atoms with van der Waals surface area (Å²) in [5, 5.41) is 10.5. The predicted molar refractivity (Wildman–Crippen MR) is 111 cm³/mol. The first kappa shape index (κ1) is 22.6. The van der Waals surface area contributed by atoms with Gasteiger partial charge in [-0.05, 0) is 20.8 Å². The molecule has 162 valence electrons. The molecule has 0 amide bonds. The summed E-state index contributed by atoms with van der Waals surface area (Å²) >= 11 is 3.92. The Bertz CT molecular complexity index is 817. The number of aliphatic hydroxyl groups is 1. The summed E-state index contributed by atoms with van der Waals surface area (Å²) in [6, 6.07) is 0. The minimum Gasteiger partial charge on any atom is -0.385 e. The van der Waals surface area contributed by atoms with Crippen LogP contribution in [0.5, 0.6) is 0 Å². The lowest BCUT2D eigenvalue weighted by Gasteiger charge is -2.25. The summed E-state index contributed by atoms with van der Waals surface area (Å²) in [5.41, 5.74) is 6.60. The van der Waals surface area contributed by atoms with E-state index in [4.69, 9.17) is 19.5 Å². The number of rotatable bonds is 4. The Labute approximate surface area is 174 Å². The molecule has 29 heavy (non-hydrogen) atoms. The lowest BCUT2D eigenvalue weighted by Crippen LogP contribution is -3.11. The van der Waals surface area contributed by atoms with Crippen LogP contribution in [0, 0.1) is 0 Å². The molecule has 11 nitrogen and oxygen atoms in total. The van der Waals surface area contributed by atoms with Crippen LogP contribution in [0.25, 0.3) is 11.2 Å². The normalized spacial score (nSPS) is 31.6. The van der Waals surface area contributed by atoms with Gasteiger partial charge in [0.2, 0.25) is 0 Å². The largest absolute Gasteiger partial charge is 0.476 e. The zero-order valence-electron chi connectivity index (χ0n) is 16.7. The highest BCUT2D eigenvalue weighted by Gasteiger charge is 2.58. The summed E-state index contributed by atoms with van der Waals surface area (Å²) in [6.45, 7) is 10.6. The van der Waals surface area contributed by atoms with Gasteiger partial charge < -0.3 is 20.5 Å². The van der Waals surface area contributed by atoms with Crippen molar-refractivity contribution >= 4 is 36.4 Å². The Kier molecular flexibility index (Phi) is 7.28. The molecule has 5 atom stereocenters.